The van der Waals surface area contributed by atoms with Crippen LogP contribution in [0.1, 0.15) is 12.8 Å². The molecule has 0 radical (unpaired) electrons. The van der Waals surface area contributed by atoms with Crippen molar-refractivity contribution in [3.05, 3.63) is 16.9 Å². The average Bonchev–Trinajstić information content (AvgIpc) is 2.78. The van der Waals surface area contributed by atoms with Gasteiger partial charge in [0.2, 0.25) is 0 Å². The number of aromatic nitrogens is 2. The number of hydrogen-bond donors (Lipinski definition) is 0. The van der Waals surface area contributed by atoms with Crippen LogP contribution >= 0.6 is 27.7 Å². The molecule has 1 aliphatic carbocycles. The van der Waals surface area contributed by atoms with Crippen molar-refractivity contribution in [2.24, 2.45) is 0 Å². The third kappa shape index (κ3) is 2.17. The van der Waals surface area contributed by atoms with Gasteiger partial charge < -0.3 is 0 Å². The van der Waals surface area contributed by atoms with Crippen molar-refractivity contribution in [3.8, 4) is 0 Å². The largest absolute Gasteiger partial charge is 0.230 e. The molecule has 2 rings (SSSR count). The van der Waals surface area contributed by atoms with E-state index in [0.29, 0.717) is 0 Å². The van der Waals surface area contributed by atoms with E-state index >= 15 is 0 Å². The topological polar surface area (TPSA) is 25.8 Å². The van der Waals surface area contributed by atoms with E-state index in [-0.39, 0.29) is 0 Å². The second-order valence-corrected chi connectivity index (χ2v) is 4.68. The average molecular weight is 231 g/mol. The van der Waals surface area contributed by atoms with Gasteiger partial charge in [-0.1, -0.05) is 11.8 Å². The van der Waals surface area contributed by atoms with Crippen LogP contribution in [0.2, 0.25) is 0 Å². The van der Waals surface area contributed by atoms with Crippen LogP contribution in [-0.4, -0.2) is 15.2 Å². The van der Waals surface area contributed by atoms with Crippen molar-refractivity contribution in [1.29, 1.82) is 0 Å². The summed E-state index contributed by atoms with van der Waals surface area (Å²) in [4.78, 5) is 8.33. The zero-order chi connectivity index (χ0) is 7.68. The van der Waals surface area contributed by atoms with E-state index in [2.05, 4.69) is 25.9 Å². The Hall–Kier alpha value is -0.0900. The fraction of sp³-hybridized carbons (Fsp3) is 0.429. The first-order valence-corrected chi connectivity index (χ1v) is 5.16. The molecule has 4 heteroatoms. The molecule has 0 atom stereocenters. The smallest absolute Gasteiger partial charge is 0.187 e. The van der Waals surface area contributed by atoms with E-state index in [1.54, 1.807) is 24.2 Å². The van der Waals surface area contributed by atoms with Gasteiger partial charge in [-0.3, -0.25) is 0 Å². The Morgan fingerprint density at radius 3 is 2.55 bits per heavy atom. The molecule has 0 saturated heterocycles. The molecule has 0 amide bonds. The number of nitrogens with zero attached hydrogens (tertiary/aromatic N) is 2. The Morgan fingerprint density at radius 2 is 2.00 bits per heavy atom. The van der Waals surface area contributed by atoms with Crippen molar-refractivity contribution in [3.63, 3.8) is 0 Å². The predicted octanol–water partition coefficient (Wildman–Crippen LogP) is 2.49. The number of thioether (sulfide) groups is 1. The predicted molar refractivity (Wildman–Crippen MR) is 48.6 cm³/mol. The van der Waals surface area contributed by atoms with Crippen LogP contribution in [0.5, 0.6) is 0 Å². The molecule has 1 aromatic heterocycles. The van der Waals surface area contributed by atoms with Crippen LogP contribution in [0, 0.1) is 0 Å². The zero-order valence-electron chi connectivity index (χ0n) is 5.83. The first-order chi connectivity index (χ1) is 5.34. The van der Waals surface area contributed by atoms with Crippen LogP contribution in [0.3, 0.4) is 0 Å². The van der Waals surface area contributed by atoms with Crippen molar-refractivity contribution in [2.75, 3.05) is 0 Å². The van der Waals surface area contributed by atoms with E-state index < -0.39 is 0 Å². The molecular weight excluding hydrogens is 224 g/mol. The van der Waals surface area contributed by atoms with Crippen LogP contribution in [0.15, 0.2) is 22.0 Å². The third-order valence-corrected chi connectivity index (χ3v) is 3.03. The lowest BCUT2D eigenvalue weighted by atomic mass is 10.7. The van der Waals surface area contributed by atoms with Crippen LogP contribution in [0.4, 0.5) is 0 Å². The minimum atomic E-state index is 0.788. The molecule has 0 aliphatic heterocycles. The molecule has 2 nitrogen and oxygen atoms in total. The molecule has 0 aromatic carbocycles. The summed E-state index contributed by atoms with van der Waals surface area (Å²) in [7, 11) is 0. The second-order valence-electron chi connectivity index (χ2n) is 2.50. The minimum Gasteiger partial charge on any atom is -0.230 e. The highest BCUT2D eigenvalue weighted by molar-refractivity contribution is 9.10. The molecule has 1 aliphatic rings. The summed E-state index contributed by atoms with van der Waals surface area (Å²) in [6.07, 6.45) is 6.23. The normalized spacial score (nSPS) is 16.8. The first kappa shape index (κ1) is 7.55. The van der Waals surface area contributed by atoms with Gasteiger partial charge in [0.1, 0.15) is 0 Å². The third-order valence-electron chi connectivity index (χ3n) is 1.39. The molecule has 0 bridgehead atoms. The van der Waals surface area contributed by atoms with Gasteiger partial charge in [-0.25, -0.2) is 9.97 Å². The minimum absolute atomic E-state index is 0.788. The van der Waals surface area contributed by atoms with Gasteiger partial charge in [0.25, 0.3) is 0 Å². The fourth-order valence-corrected chi connectivity index (χ4v) is 1.80. The van der Waals surface area contributed by atoms with Crippen LogP contribution < -0.4 is 0 Å². The summed E-state index contributed by atoms with van der Waals surface area (Å²) in [5, 5.41) is 1.69. The highest BCUT2D eigenvalue weighted by Crippen LogP contribution is 2.37. The standard InChI is InChI=1S/C7H7BrN2S/c8-5-3-9-7(10-4-5)11-6-1-2-6/h3-4,6H,1-2H2. The Morgan fingerprint density at radius 1 is 1.36 bits per heavy atom. The molecule has 1 fully saturated rings. The van der Waals surface area contributed by atoms with Gasteiger partial charge in [0, 0.05) is 17.6 Å². The van der Waals surface area contributed by atoms with E-state index in [1.807, 2.05) is 0 Å². The van der Waals surface area contributed by atoms with E-state index in [1.165, 1.54) is 12.8 Å². The van der Waals surface area contributed by atoms with Crippen molar-refractivity contribution in [1.82, 2.24) is 9.97 Å². The van der Waals surface area contributed by atoms with Gasteiger partial charge in [0.15, 0.2) is 5.16 Å². The molecule has 1 aromatic rings. The summed E-state index contributed by atoms with van der Waals surface area (Å²) in [5.41, 5.74) is 0. The molecule has 1 saturated carbocycles. The van der Waals surface area contributed by atoms with Gasteiger partial charge in [-0.2, -0.15) is 0 Å². The van der Waals surface area contributed by atoms with Crippen molar-refractivity contribution >= 4 is 27.7 Å². The molecular formula is C7H7BrN2S. The Bertz CT molecular complexity index is 245. The summed E-state index contributed by atoms with van der Waals surface area (Å²) in [5.74, 6) is 0. The second kappa shape index (κ2) is 3.11. The maximum atomic E-state index is 4.16. The number of halogens is 1. The van der Waals surface area contributed by atoms with Gasteiger partial charge in [-0.15, -0.1) is 0 Å². The maximum Gasteiger partial charge on any atom is 0.187 e. The highest BCUT2D eigenvalue weighted by atomic mass is 79.9. The maximum absolute atomic E-state index is 4.16. The molecule has 0 N–H and O–H groups in total. The van der Waals surface area contributed by atoms with Crippen LogP contribution in [0.25, 0.3) is 0 Å². The summed E-state index contributed by atoms with van der Waals surface area (Å²) in [6, 6.07) is 0. The molecule has 11 heavy (non-hydrogen) atoms. The summed E-state index contributed by atoms with van der Waals surface area (Å²) in [6.45, 7) is 0. The highest BCUT2D eigenvalue weighted by Gasteiger charge is 2.23. The number of hydrogen-bond acceptors (Lipinski definition) is 3. The zero-order valence-corrected chi connectivity index (χ0v) is 8.23. The first-order valence-electron chi connectivity index (χ1n) is 3.49. The quantitative estimate of drug-likeness (QED) is 0.731. The molecule has 0 unspecified atom stereocenters. The monoisotopic (exact) mass is 230 g/mol. The van der Waals surface area contributed by atoms with Crippen molar-refractivity contribution in [2.45, 2.75) is 23.2 Å². The van der Waals surface area contributed by atoms with Crippen LogP contribution in [-0.2, 0) is 0 Å². The van der Waals surface area contributed by atoms with Gasteiger partial charge in [0.05, 0.1) is 4.47 Å². The molecule has 0 spiro atoms. The lowest BCUT2D eigenvalue weighted by Crippen LogP contribution is -1.85. The summed E-state index contributed by atoms with van der Waals surface area (Å²) >= 11 is 5.07. The molecule has 58 valence electrons. The van der Waals surface area contributed by atoms with E-state index in [9.17, 15) is 0 Å². The van der Waals surface area contributed by atoms with Gasteiger partial charge in [-0.05, 0) is 28.8 Å². The van der Waals surface area contributed by atoms with E-state index in [0.717, 1.165) is 14.9 Å². The molecule has 1 heterocycles. The Balaban J connectivity index is 2.06. The fourth-order valence-electron chi connectivity index (χ4n) is 0.696. The number of rotatable bonds is 2. The Labute approximate surface area is 78.0 Å². The lowest BCUT2D eigenvalue weighted by Gasteiger charge is -1.95. The van der Waals surface area contributed by atoms with Gasteiger partial charge >= 0.3 is 0 Å². The SMILES string of the molecule is Brc1cnc(SC2CC2)nc1. The lowest BCUT2D eigenvalue weighted by molar-refractivity contribution is 0.957. The van der Waals surface area contributed by atoms with Crippen molar-refractivity contribution < 1.29 is 0 Å². The Kier molecular flexibility index (Phi) is 2.13. The summed E-state index contributed by atoms with van der Waals surface area (Å²) < 4.78 is 0.942. The van der Waals surface area contributed by atoms with E-state index in [4.69, 9.17) is 0 Å².